The van der Waals surface area contributed by atoms with Crippen molar-refractivity contribution in [3.63, 3.8) is 0 Å². The van der Waals surface area contributed by atoms with Gasteiger partial charge in [0.25, 0.3) is 11.8 Å². The fraction of sp³-hybridized carbons (Fsp3) is 0.0800. The first kappa shape index (κ1) is 23.9. The summed E-state index contributed by atoms with van der Waals surface area (Å²) >= 11 is 11.9. The zero-order valence-corrected chi connectivity index (χ0v) is 19.1. The maximum Gasteiger partial charge on any atom is 0.266 e. The third kappa shape index (κ3) is 7.11. The van der Waals surface area contributed by atoms with Crippen LogP contribution in [0.15, 0.2) is 72.3 Å². The second-order valence-electron chi connectivity index (χ2n) is 7.02. The predicted molar refractivity (Wildman–Crippen MR) is 130 cm³/mol. The van der Waals surface area contributed by atoms with E-state index in [0.717, 1.165) is 5.56 Å². The quantitative estimate of drug-likeness (QED) is 0.327. The molecule has 0 aliphatic heterocycles. The molecule has 0 aromatic heterocycles. The van der Waals surface area contributed by atoms with Gasteiger partial charge in [0.1, 0.15) is 17.4 Å². The average Bonchev–Trinajstić information content (AvgIpc) is 2.80. The van der Waals surface area contributed by atoms with Crippen LogP contribution in [0.5, 0.6) is 5.75 Å². The smallest absolute Gasteiger partial charge is 0.266 e. The van der Waals surface area contributed by atoms with Crippen molar-refractivity contribution < 1.29 is 14.3 Å². The van der Waals surface area contributed by atoms with Crippen LogP contribution in [-0.2, 0) is 9.59 Å². The van der Waals surface area contributed by atoms with E-state index >= 15 is 0 Å². The standard InChI is InChI=1S/C25H19Cl2N3O3/c1-16-2-7-20(8-3-16)29-25(32)18(14-28)12-17-4-9-21(10-5-17)33-15-24(31)30-23-13-19(26)6-11-22(23)27/h2-13H,15H2,1H3,(H,29,32)(H,30,31)/b18-12-. The fourth-order valence-corrected chi connectivity index (χ4v) is 3.08. The monoisotopic (exact) mass is 479 g/mol. The molecular formula is C25H19Cl2N3O3. The number of nitriles is 1. The van der Waals surface area contributed by atoms with E-state index in [-0.39, 0.29) is 12.2 Å². The van der Waals surface area contributed by atoms with E-state index in [1.165, 1.54) is 6.08 Å². The fourth-order valence-electron chi connectivity index (χ4n) is 2.74. The number of ether oxygens (including phenoxy) is 1. The van der Waals surface area contributed by atoms with Crippen LogP contribution in [0, 0.1) is 18.3 Å². The van der Waals surface area contributed by atoms with Crippen molar-refractivity contribution in [3.8, 4) is 11.8 Å². The van der Waals surface area contributed by atoms with Crippen LogP contribution >= 0.6 is 23.2 Å². The van der Waals surface area contributed by atoms with Gasteiger partial charge in [0, 0.05) is 10.7 Å². The Morgan fingerprint density at radius 3 is 2.36 bits per heavy atom. The topological polar surface area (TPSA) is 91.2 Å². The number of nitrogens with one attached hydrogen (secondary N) is 2. The maximum absolute atomic E-state index is 12.4. The van der Waals surface area contributed by atoms with Crippen LogP contribution in [0.2, 0.25) is 10.0 Å². The minimum absolute atomic E-state index is 0.0398. The molecule has 0 bridgehead atoms. The van der Waals surface area contributed by atoms with Crippen molar-refractivity contribution in [2.75, 3.05) is 17.2 Å². The Kier molecular flexibility index (Phi) is 8.09. The highest BCUT2D eigenvalue weighted by molar-refractivity contribution is 6.35. The molecule has 3 rings (SSSR count). The highest BCUT2D eigenvalue weighted by Gasteiger charge is 2.10. The van der Waals surface area contributed by atoms with Gasteiger partial charge in [-0.05, 0) is 61.0 Å². The summed E-state index contributed by atoms with van der Waals surface area (Å²) in [7, 11) is 0. The summed E-state index contributed by atoms with van der Waals surface area (Å²) in [5, 5.41) is 15.5. The number of carbonyl (C=O) groups excluding carboxylic acids is 2. The van der Waals surface area contributed by atoms with Crippen molar-refractivity contribution in [2.24, 2.45) is 0 Å². The van der Waals surface area contributed by atoms with Crippen LogP contribution in [0.3, 0.4) is 0 Å². The number of anilines is 2. The molecule has 0 unspecified atom stereocenters. The third-order valence-corrected chi connectivity index (χ3v) is 5.00. The molecule has 166 valence electrons. The molecular weight excluding hydrogens is 461 g/mol. The Morgan fingerprint density at radius 1 is 1.00 bits per heavy atom. The molecule has 33 heavy (non-hydrogen) atoms. The molecule has 0 radical (unpaired) electrons. The van der Waals surface area contributed by atoms with Crippen LogP contribution in [0.4, 0.5) is 11.4 Å². The zero-order valence-electron chi connectivity index (χ0n) is 17.6. The lowest BCUT2D eigenvalue weighted by Gasteiger charge is -2.09. The van der Waals surface area contributed by atoms with E-state index in [0.29, 0.717) is 32.7 Å². The number of rotatable bonds is 7. The summed E-state index contributed by atoms with van der Waals surface area (Å²) in [4.78, 5) is 24.5. The van der Waals surface area contributed by atoms with Gasteiger partial charge in [0.15, 0.2) is 6.61 Å². The van der Waals surface area contributed by atoms with E-state index in [4.69, 9.17) is 27.9 Å². The predicted octanol–water partition coefficient (Wildman–Crippen LogP) is 5.87. The van der Waals surface area contributed by atoms with E-state index in [1.54, 1.807) is 54.6 Å². The van der Waals surface area contributed by atoms with Crippen molar-refractivity contribution >= 4 is 52.5 Å². The number of halogens is 2. The normalized spacial score (nSPS) is 10.8. The first-order chi connectivity index (χ1) is 15.8. The molecule has 0 aliphatic rings. The number of carbonyl (C=O) groups is 2. The summed E-state index contributed by atoms with van der Waals surface area (Å²) in [6, 6.07) is 20.6. The highest BCUT2D eigenvalue weighted by atomic mass is 35.5. The Morgan fingerprint density at radius 2 is 1.70 bits per heavy atom. The minimum Gasteiger partial charge on any atom is -0.484 e. The Labute approximate surface area is 201 Å². The van der Waals surface area contributed by atoms with Gasteiger partial charge >= 0.3 is 0 Å². The molecule has 0 heterocycles. The summed E-state index contributed by atoms with van der Waals surface area (Å²) in [6.07, 6.45) is 1.47. The molecule has 3 aromatic carbocycles. The lowest BCUT2D eigenvalue weighted by Crippen LogP contribution is -2.20. The molecule has 2 N–H and O–H groups in total. The maximum atomic E-state index is 12.4. The van der Waals surface area contributed by atoms with Crippen molar-refractivity contribution in [3.05, 3.63) is 93.5 Å². The molecule has 0 saturated carbocycles. The van der Waals surface area contributed by atoms with Crippen molar-refractivity contribution in [1.82, 2.24) is 0 Å². The largest absolute Gasteiger partial charge is 0.484 e. The minimum atomic E-state index is -0.502. The van der Waals surface area contributed by atoms with Gasteiger partial charge in [0.2, 0.25) is 0 Å². The lowest BCUT2D eigenvalue weighted by molar-refractivity contribution is -0.118. The second kappa shape index (κ2) is 11.2. The van der Waals surface area contributed by atoms with Crippen LogP contribution in [-0.4, -0.2) is 18.4 Å². The summed E-state index contributed by atoms with van der Waals surface area (Å²) in [5.41, 5.74) is 2.66. The van der Waals surface area contributed by atoms with E-state index < -0.39 is 11.8 Å². The van der Waals surface area contributed by atoms with Crippen LogP contribution < -0.4 is 15.4 Å². The average molecular weight is 480 g/mol. The van der Waals surface area contributed by atoms with E-state index in [9.17, 15) is 14.9 Å². The molecule has 3 aromatic rings. The molecule has 0 aliphatic carbocycles. The van der Waals surface area contributed by atoms with Crippen LogP contribution in [0.25, 0.3) is 6.08 Å². The molecule has 8 heteroatoms. The first-order valence-corrected chi connectivity index (χ1v) is 10.6. The van der Waals surface area contributed by atoms with Gasteiger partial charge in [-0.25, -0.2) is 0 Å². The van der Waals surface area contributed by atoms with Gasteiger partial charge < -0.3 is 15.4 Å². The SMILES string of the molecule is Cc1ccc(NC(=O)/C(C#N)=C\c2ccc(OCC(=O)Nc3cc(Cl)ccc3Cl)cc2)cc1. The van der Waals surface area contributed by atoms with Gasteiger partial charge in [0.05, 0.1) is 10.7 Å². The van der Waals surface area contributed by atoms with Gasteiger partial charge in [-0.15, -0.1) is 0 Å². The lowest BCUT2D eigenvalue weighted by atomic mass is 10.1. The number of amides is 2. The number of hydrogen-bond acceptors (Lipinski definition) is 4. The summed E-state index contributed by atoms with van der Waals surface area (Å²) < 4.78 is 5.48. The Balaban J connectivity index is 1.58. The highest BCUT2D eigenvalue weighted by Crippen LogP contribution is 2.25. The second-order valence-corrected chi connectivity index (χ2v) is 7.86. The molecule has 0 atom stereocenters. The molecule has 0 saturated heterocycles. The number of hydrogen-bond donors (Lipinski definition) is 2. The molecule has 0 fully saturated rings. The molecule has 0 spiro atoms. The summed E-state index contributed by atoms with van der Waals surface area (Å²) in [6.45, 7) is 1.71. The van der Waals surface area contributed by atoms with Crippen LogP contribution in [0.1, 0.15) is 11.1 Å². The van der Waals surface area contributed by atoms with Gasteiger partial charge in [-0.2, -0.15) is 5.26 Å². The zero-order chi connectivity index (χ0) is 23.8. The van der Waals surface area contributed by atoms with E-state index in [1.807, 2.05) is 25.1 Å². The van der Waals surface area contributed by atoms with Gasteiger partial charge in [-0.1, -0.05) is 53.0 Å². The van der Waals surface area contributed by atoms with E-state index in [2.05, 4.69) is 10.6 Å². The van der Waals surface area contributed by atoms with Crippen molar-refractivity contribution in [2.45, 2.75) is 6.92 Å². The van der Waals surface area contributed by atoms with Crippen molar-refractivity contribution in [1.29, 1.82) is 5.26 Å². The summed E-state index contributed by atoms with van der Waals surface area (Å²) in [5.74, 6) is -0.456. The Hall–Kier alpha value is -3.79. The Bertz CT molecular complexity index is 1230. The first-order valence-electron chi connectivity index (χ1n) is 9.81. The third-order valence-electron chi connectivity index (χ3n) is 4.44. The molecule has 6 nitrogen and oxygen atoms in total. The molecule has 2 amide bonds. The van der Waals surface area contributed by atoms with Gasteiger partial charge in [-0.3, -0.25) is 9.59 Å². The number of nitrogens with zero attached hydrogens (tertiary/aromatic N) is 1. The number of aryl methyl sites for hydroxylation is 1. The number of benzene rings is 3.